The summed E-state index contributed by atoms with van der Waals surface area (Å²) in [5.74, 6) is 0.0392. The molecule has 0 saturated carbocycles. The summed E-state index contributed by atoms with van der Waals surface area (Å²) in [6.07, 6.45) is -0.680. The second-order valence-electron chi connectivity index (χ2n) is 2.96. The Bertz CT molecular complexity index is 432. The van der Waals surface area contributed by atoms with Crippen LogP contribution in [0.25, 0.3) is 0 Å². The normalized spacial score (nSPS) is 11.1. The van der Waals surface area contributed by atoms with E-state index < -0.39 is 6.09 Å². The van der Waals surface area contributed by atoms with Crippen LogP contribution in [-0.4, -0.2) is 24.0 Å². The predicted octanol–water partition coefficient (Wildman–Crippen LogP) is 2.13. The second kappa shape index (κ2) is 5.37. The zero-order valence-corrected chi connectivity index (χ0v) is 9.58. The van der Waals surface area contributed by atoms with Gasteiger partial charge in [-0.2, -0.15) is 5.10 Å². The molecule has 0 saturated heterocycles. The molecule has 0 aliphatic heterocycles. The van der Waals surface area contributed by atoms with Crippen LogP contribution in [0.5, 0.6) is 5.75 Å². The Morgan fingerprint density at radius 2 is 2.25 bits per heavy atom. The highest BCUT2D eigenvalue weighted by Gasteiger charge is 2.06. The first kappa shape index (κ1) is 12.3. The smallest absolute Gasteiger partial charge is 0.427 e. The van der Waals surface area contributed by atoms with Gasteiger partial charge < -0.3 is 9.84 Å². The molecule has 0 atom stereocenters. The van der Waals surface area contributed by atoms with Gasteiger partial charge in [0.15, 0.2) is 0 Å². The van der Waals surface area contributed by atoms with Crippen LogP contribution in [-0.2, 0) is 4.74 Å². The van der Waals surface area contributed by atoms with Crippen LogP contribution in [0.1, 0.15) is 12.5 Å². The highest BCUT2D eigenvalue weighted by atomic mass is 35.5. The molecular weight excluding hydrogens is 232 g/mol. The lowest BCUT2D eigenvalue weighted by atomic mass is 10.1. The van der Waals surface area contributed by atoms with Crippen LogP contribution in [0.15, 0.2) is 23.3 Å². The van der Waals surface area contributed by atoms with Gasteiger partial charge in [-0.1, -0.05) is 11.6 Å². The maximum absolute atomic E-state index is 10.8. The Balaban J connectivity index is 2.91. The second-order valence-corrected chi connectivity index (χ2v) is 3.40. The number of phenolic OH excluding ortho intramolecular Hbond substituents is 1. The molecule has 5 nitrogen and oxygen atoms in total. The van der Waals surface area contributed by atoms with Gasteiger partial charge in [0.25, 0.3) is 0 Å². The van der Waals surface area contributed by atoms with E-state index in [0.717, 1.165) is 0 Å². The molecular formula is C10H11ClN2O3. The molecule has 1 rings (SSSR count). The summed E-state index contributed by atoms with van der Waals surface area (Å²) in [5, 5.41) is 13.8. The largest absolute Gasteiger partial charge is 0.507 e. The molecule has 0 heterocycles. The number of aromatic hydroxyl groups is 1. The summed E-state index contributed by atoms with van der Waals surface area (Å²) in [7, 11) is 1.23. The molecule has 2 N–H and O–H groups in total. The zero-order chi connectivity index (χ0) is 12.1. The standard InChI is InChI=1S/C10H11ClN2O3/c1-6(12-13-10(15)16-2)8-5-7(11)3-4-9(8)14/h3-5,14H,1-2H3,(H,13,15)/b12-6+. The van der Waals surface area contributed by atoms with Gasteiger partial charge in [0.05, 0.1) is 12.8 Å². The molecule has 0 aliphatic carbocycles. The van der Waals surface area contributed by atoms with Gasteiger partial charge in [0.2, 0.25) is 0 Å². The molecule has 1 aromatic carbocycles. The number of nitrogens with one attached hydrogen (secondary N) is 1. The van der Waals surface area contributed by atoms with Crippen molar-refractivity contribution in [3.8, 4) is 5.75 Å². The minimum atomic E-state index is -0.680. The van der Waals surface area contributed by atoms with E-state index in [1.54, 1.807) is 19.1 Å². The van der Waals surface area contributed by atoms with Gasteiger partial charge in [-0.05, 0) is 25.1 Å². The number of benzene rings is 1. The fraction of sp³-hybridized carbons (Fsp3) is 0.200. The van der Waals surface area contributed by atoms with E-state index in [9.17, 15) is 9.90 Å². The Morgan fingerprint density at radius 3 is 2.88 bits per heavy atom. The van der Waals surface area contributed by atoms with E-state index in [1.165, 1.54) is 13.2 Å². The number of hydrogen-bond acceptors (Lipinski definition) is 4. The minimum absolute atomic E-state index is 0.0392. The lowest BCUT2D eigenvalue weighted by Crippen LogP contribution is -2.18. The number of carbonyl (C=O) groups excluding carboxylic acids is 1. The Labute approximate surface area is 97.7 Å². The maximum Gasteiger partial charge on any atom is 0.427 e. The fourth-order valence-electron chi connectivity index (χ4n) is 1.03. The van der Waals surface area contributed by atoms with Gasteiger partial charge >= 0.3 is 6.09 Å². The number of ether oxygens (including phenoxy) is 1. The molecule has 0 radical (unpaired) electrons. The van der Waals surface area contributed by atoms with Crippen LogP contribution in [0.4, 0.5) is 4.79 Å². The Kier molecular flexibility index (Phi) is 4.13. The van der Waals surface area contributed by atoms with Crippen molar-refractivity contribution >= 4 is 23.4 Å². The fourth-order valence-corrected chi connectivity index (χ4v) is 1.21. The van der Waals surface area contributed by atoms with E-state index in [1.807, 2.05) is 0 Å². The summed E-state index contributed by atoms with van der Waals surface area (Å²) in [6, 6.07) is 4.56. The van der Waals surface area contributed by atoms with Gasteiger partial charge in [-0.25, -0.2) is 10.2 Å². The number of carbonyl (C=O) groups is 1. The van der Waals surface area contributed by atoms with Gasteiger partial charge in [-0.15, -0.1) is 0 Å². The molecule has 0 spiro atoms. The summed E-state index contributed by atoms with van der Waals surface area (Å²) in [5.41, 5.74) is 3.02. The van der Waals surface area contributed by atoms with Crippen LogP contribution in [0, 0.1) is 0 Å². The van der Waals surface area contributed by atoms with Crippen molar-refractivity contribution < 1.29 is 14.6 Å². The highest BCUT2D eigenvalue weighted by molar-refractivity contribution is 6.31. The van der Waals surface area contributed by atoms with Crippen LogP contribution < -0.4 is 5.43 Å². The monoisotopic (exact) mass is 242 g/mol. The molecule has 1 amide bonds. The summed E-state index contributed by atoms with van der Waals surface area (Å²) < 4.78 is 4.34. The number of amides is 1. The van der Waals surface area contributed by atoms with Gasteiger partial charge in [-0.3, -0.25) is 0 Å². The van der Waals surface area contributed by atoms with Crippen molar-refractivity contribution in [2.75, 3.05) is 7.11 Å². The summed E-state index contributed by atoms with van der Waals surface area (Å²) in [4.78, 5) is 10.8. The molecule has 6 heteroatoms. The van der Waals surface area contributed by atoms with Crippen LogP contribution >= 0.6 is 11.6 Å². The Hall–Kier alpha value is -1.75. The molecule has 0 aromatic heterocycles. The number of nitrogens with zero attached hydrogens (tertiary/aromatic N) is 1. The average molecular weight is 243 g/mol. The first-order valence-corrected chi connectivity index (χ1v) is 4.79. The van der Waals surface area contributed by atoms with E-state index >= 15 is 0 Å². The molecule has 0 aliphatic rings. The van der Waals surface area contributed by atoms with Crippen molar-refractivity contribution in [3.05, 3.63) is 28.8 Å². The third-order valence-electron chi connectivity index (χ3n) is 1.85. The van der Waals surface area contributed by atoms with Crippen molar-refractivity contribution in [1.82, 2.24) is 5.43 Å². The van der Waals surface area contributed by atoms with Crippen molar-refractivity contribution in [2.45, 2.75) is 6.92 Å². The van der Waals surface area contributed by atoms with Crippen LogP contribution in [0.3, 0.4) is 0 Å². The summed E-state index contributed by atoms with van der Waals surface area (Å²) >= 11 is 5.77. The first-order chi connectivity index (χ1) is 7.54. The number of hydrazone groups is 1. The number of hydrogen-bond donors (Lipinski definition) is 2. The third-order valence-corrected chi connectivity index (χ3v) is 2.08. The lowest BCUT2D eigenvalue weighted by Gasteiger charge is -2.04. The van der Waals surface area contributed by atoms with Gasteiger partial charge in [0, 0.05) is 10.6 Å². The van der Waals surface area contributed by atoms with E-state index in [2.05, 4.69) is 15.3 Å². The van der Waals surface area contributed by atoms with Crippen molar-refractivity contribution in [3.63, 3.8) is 0 Å². The molecule has 16 heavy (non-hydrogen) atoms. The average Bonchev–Trinajstić information content (AvgIpc) is 2.28. The predicted molar refractivity (Wildman–Crippen MR) is 60.9 cm³/mol. The third kappa shape index (κ3) is 3.13. The number of methoxy groups -OCH3 is 1. The first-order valence-electron chi connectivity index (χ1n) is 4.41. The topological polar surface area (TPSA) is 70.9 Å². The molecule has 1 aromatic rings. The highest BCUT2D eigenvalue weighted by Crippen LogP contribution is 2.21. The molecule has 0 unspecified atom stereocenters. The van der Waals surface area contributed by atoms with Crippen LogP contribution in [0.2, 0.25) is 5.02 Å². The summed E-state index contributed by atoms with van der Waals surface area (Å²) in [6.45, 7) is 1.63. The van der Waals surface area contributed by atoms with Crippen molar-refractivity contribution in [2.24, 2.45) is 5.10 Å². The maximum atomic E-state index is 10.8. The van der Waals surface area contributed by atoms with E-state index in [4.69, 9.17) is 11.6 Å². The van der Waals surface area contributed by atoms with Gasteiger partial charge in [0.1, 0.15) is 5.75 Å². The molecule has 86 valence electrons. The Morgan fingerprint density at radius 1 is 1.56 bits per heavy atom. The number of halogens is 1. The lowest BCUT2D eigenvalue weighted by molar-refractivity contribution is 0.171. The number of phenols is 1. The number of rotatable bonds is 2. The van der Waals surface area contributed by atoms with E-state index in [0.29, 0.717) is 16.3 Å². The minimum Gasteiger partial charge on any atom is -0.507 e. The van der Waals surface area contributed by atoms with Crippen molar-refractivity contribution in [1.29, 1.82) is 0 Å². The molecule has 0 fully saturated rings. The SMILES string of the molecule is COC(=O)N/N=C(\C)c1cc(Cl)ccc1O. The quantitative estimate of drug-likeness (QED) is 0.616. The molecule has 0 bridgehead atoms. The van der Waals surface area contributed by atoms with E-state index in [-0.39, 0.29) is 5.75 Å². The zero-order valence-electron chi connectivity index (χ0n) is 8.82.